The molecule has 1 amide bonds. The molecule has 0 unspecified atom stereocenters. The predicted octanol–water partition coefficient (Wildman–Crippen LogP) is 3.35. The van der Waals surface area contributed by atoms with Crippen LogP contribution < -0.4 is 4.74 Å². The second-order valence-corrected chi connectivity index (χ2v) is 6.46. The van der Waals surface area contributed by atoms with Crippen LogP contribution in [0.1, 0.15) is 51.0 Å². The van der Waals surface area contributed by atoms with Crippen molar-refractivity contribution in [3.8, 4) is 5.75 Å². The van der Waals surface area contributed by atoms with Crippen molar-refractivity contribution in [1.29, 1.82) is 0 Å². The van der Waals surface area contributed by atoms with Crippen LogP contribution >= 0.6 is 0 Å². The first-order valence-electron chi connectivity index (χ1n) is 9.22. The summed E-state index contributed by atoms with van der Waals surface area (Å²) in [5.41, 5.74) is 0.965. The van der Waals surface area contributed by atoms with E-state index >= 15 is 0 Å². The van der Waals surface area contributed by atoms with Crippen LogP contribution in [0.15, 0.2) is 24.3 Å². The van der Waals surface area contributed by atoms with E-state index in [1.165, 1.54) is 13.5 Å². The molecule has 1 aromatic carbocycles. The molecule has 0 aliphatic heterocycles. The van der Waals surface area contributed by atoms with E-state index in [4.69, 9.17) is 9.47 Å². The number of rotatable bonds is 8. The lowest BCUT2D eigenvalue weighted by molar-refractivity contribution is -0.142. The van der Waals surface area contributed by atoms with Crippen LogP contribution in [0.25, 0.3) is 0 Å². The molecule has 5 nitrogen and oxygen atoms in total. The zero-order chi connectivity index (χ0) is 18.1. The van der Waals surface area contributed by atoms with Crippen molar-refractivity contribution in [1.82, 2.24) is 4.90 Å². The van der Waals surface area contributed by atoms with Gasteiger partial charge >= 0.3 is 5.97 Å². The number of carbonyl (C=O) groups excluding carboxylic acids is 2. The first-order chi connectivity index (χ1) is 12.1. The number of benzene rings is 1. The standard InChI is InChI=1S/C20H29NO4/c1-3-25-18-11-9-16(10-12-18)15-19(22)21(14-13-20(23)24-2)17-7-5-4-6-8-17/h9-12,17H,3-8,13-15H2,1-2H3. The number of ether oxygens (including phenoxy) is 2. The summed E-state index contributed by atoms with van der Waals surface area (Å²) < 4.78 is 10.2. The van der Waals surface area contributed by atoms with Crippen LogP contribution in [0.3, 0.4) is 0 Å². The van der Waals surface area contributed by atoms with E-state index in [0.717, 1.165) is 37.0 Å². The van der Waals surface area contributed by atoms with Gasteiger partial charge in [0.2, 0.25) is 5.91 Å². The number of carbonyl (C=O) groups is 2. The fraction of sp³-hybridized carbons (Fsp3) is 0.600. The van der Waals surface area contributed by atoms with Crippen LogP contribution in [0, 0.1) is 0 Å². The molecule has 1 aromatic rings. The van der Waals surface area contributed by atoms with Gasteiger partial charge in [0.05, 0.1) is 26.6 Å². The van der Waals surface area contributed by atoms with Gasteiger partial charge in [0.1, 0.15) is 5.75 Å². The molecule has 2 rings (SSSR count). The van der Waals surface area contributed by atoms with Crippen molar-refractivity contribution < 1.29 is 19.1 Å². The predicted molar refractivity (Wildman–Crippen MR) is 96.5 cm³/mol. The zero-order valence-corrected chi connectivity index (χ0v) is 15.3. The summed E-state index contributed by atoms with van der Waals surface area (Å²) in [6.07, 6.45) is 6.18. The first-order valence-corrected chi connectivity index (χ1v) is 9.22. The third-order valence-corrected chi connectivity index (χ3v) is 4.71. The van der Waals surface area contributed by atoms with Crippen molar-refractivity contribution in [3.05, 3.63) is 29.8 Å². The summed E-state index contributed by atoms with van der Waals surface area (Å²) in [6, 6.07) is 7.90. The van der Waals surface area contributed by atoms with Crippen LogP contribution in [0.4, 0.5) is 0 Å². The highest BCUT2D eigenvalue weighted by Gasteiger charge is 2.26. The van der Waals surface area contributed by atoms with Crippen LogP contribution in [0.2, 0.25) is 0 Å². The summed E-state index contributed by atoms with van der Waals surface area (Å²) in [6.45, 7) is 3.01. The molecule has 0 N–H and O–H groups in total. The molecule has 0 saturated heterocycles. The minimum atomic E-state index is -0.269. The van der Waals surface area contributed by atoms with Gasteiger partial charge in [-0.15, -0.1) is 0 Å². The van der Waals surface area contributed by atoms with Gasteiger partial charge in [-0.25, -0.2) is 0 Å². The monoisotopic (exact) mass is 347 g/mol. The Balaban J connectivity index is 2.01. The number of nitrogens with zero attached hydrogens (tertiary/aromatic N) is 1. The van der Waals surface area contributed by atoms with Crippen molar-refractivity contribution in [2.45, 2.75) is 57.9 Å². The lowest BCUT2D eigenvalue weighted by Crippen LogP contribution is -2.43. The van der Waals surface area contributed by atoms with Gasteiger partial charge in [-0.1, -0.05) is 31.4 Å². The summed E-state index contributed by atoms with van der Waals surface area (Å²) >= 11 is 0. The minimum absolute atomic E-state index is 0.0833. The number of hydrogen-bond acceptors (Lipinski definition) is 4. The molecule has 5 heteroatoms. The summed E-state index contributed by atoms with van der Waals surface area (Å²) in [5.74, 6) is 0.628. The average molecular weight is 347 g/mol. The Bertz CT molecular complexity index is 549. The van der Waals surface area contributed by atoms with Crippen molar-refractivity contribution >= 4 is 11.9 Å². The molecular weight excluding hydrogens is 318 g/mol. The SMILES string of the molecule is CCOc1ccc(CC(=O)N(CCC(=O)OC)C2CCCCC2)cc1. The highest BCUT2D eigenvalue weighted by Crippen LogP contribution is 2.24. The quantitative estimate of drug-likeness (QED) is 0.677. The van der Waals surface area contributed by atoms with Crippen molar-refractivity contribution in [2.24, 2.45) is 0 Å². The molecule has 0 spiro atoms. The molecule has 0 aromatic heterocycles. The third kappa shape index (κ3) is 6.07. The maximum absolute atomic E-state index is 12.9. The molecule has 25 heavy (non-hydrogen) atoms. The van der Waals surface area contributed by atoms with E-state index in [0.29, 0.717) is 19.6 Å². The molecule has 1 aliphatic rings. The van der Waals surface area contributed by atoms with Gasteiger partial charge in [-0.2, -0.15) is 0 Å². The smallest absolute Gasteiger partial charge is 0.307 e. The normalized spacial score (nSPS) is 14.8. The second kappa shape index (κ2) is 10.1. The Kier molecular flexibility index (Phi) is 7.76. The fourth-order valence-electron chi connectivity index (χ4n) is 3.36. The Hall–Kier alpha value is -2.04. The Morgan fingerprint density at radius 1 is 1.12 bits per heavy atom. The average Bonchev–Trinajstić information content (AvgIpc) is 2.64. The lowest BCUT2D eigenvalue weighted by Gasteiger charge is -2.34. The van der Waals surface area contributed by atoms with Crippen molar-refractivity contribution in [3.63, 3.8) is 0 Å². The van der Waals surface area contributed by atoms with Crippen LogP contribution in [0.5, 0.6) is 5.75 Å². The van der Waals surface area contributed by atoms with E-state index in [1.807, 2.05) is 36.1 Å². The number of amides is 1. The topological polar surface area (TPSA) is 55.8 Å². The molecule has 0 bridgehead atoms. The van der Waals surface area contributed by atoms with E-state index < -0.39 is 0 Å². The first kappa shape index (κ1) is 19.3. The number of hydrogen-bond donors (Lipinski definition) is 0. The molecule has 0 heterocycles. The van der Waals surface area contributed by atoms with E-state index in [2.05, 4.69) is 0 Å². The van der Waals surface area contributed by atoms with Crippen LogP contribution in [-0.2, 0) is 20.7 Å². The lowest BCUT2D eigenvalue weighted by atomic mass is 9.93. The maximum atomic E-state index is 12.9. The van der Waals surface area contributed by atoms with Gasteiger partial charge in [0.15, 0.2) is 0 Å². The third-order valence-electron chi connectivity index (χ3n) is 4.71. The Morgan fingerprint density at radius 3 is 2.40 bits per heavy atom. The molecular formula is C20H29NO4. The summed E-state index contributed by atoms with van der Waals surface area (Å²) in [4.78, 5) is 26.3. The largest absolute Gasteiger partial charge is 0.494 e. The van der Waals surface area contributed by atoms with Gasteiger partial charge in [0, 0.05) is 12.6 Å². The maximum Gasteiger partial charge on any atom is 0.307 e. The summed E-state index contributed by atoms with van der Waals surface area (Å²) in [7, 11) is 1.38. The van der Waals surface area contributed by atoms with E-state index in [9.17, 15) is 9.59 Å². The molecule has 1 fully saturated rings. The van der Waals surface area contributed by atoms with Gasteiger partial charge in [-0.3, -0.25) is 9.59 Å². The highest BCUT2D eigenvalue weighted by molar-refractivity contribution is 5.80. The van der Waals surface area contributed by atoms with E-state index in [-0.39, 0.29) is 24.3 Å². The fourth-order valence-corrected chi connectivity index (χ4v) is 3.36. The molecule has 1 aliphatic carbocycles. The van der Waals surface area contributed by atoms with Crippen LogP contribution in [-0.4, -0.2) is 43.1 Å². The minimum Gasteiger partial charge on any atom is -0.494 e. The highest BCUT2D eigenvalue weighted by atomic mass is 16.5. The Labute approximate surface area is 150 Å². The van der Waals surface area contributed by atoms with Gasteiger partial charge < -0.3 is 14.4 Å². The summed E-state index contributed by atoms with van der Waals surface area (Å²) in [5, 5.41) is 0. The number of esters is 1. The molecule has 1 saturated carbocycles. The zero-order valence-electron chi connectivity index (χ0n) is 15.3. The van der Waals surface area contributed by atoms with Crippen molar-refractivity contribution in [2.75, 3.05) is 20.3 Å². The van der Waals surface area contributed by atoms with Gasteiger partial charge in [0.25, 0.3) is 0 Å². The van der Waals surface area contributed by atoms with E-state index in [1.54, 1.807) is 0 Å². The molecule has 0 atom stereocenters. The molecule has 138 valence electrons. The van der Waals surface area contributed by atoms with Gasteiger partial charge in [-0.05, 0) is 37.5 Å². The Morgan fingerprint density at radius 2 is 1.80 bits per heavy atom. The molecule has 0 radical (unpaired) electrons. The number of methoxy groups -OCH3 is 1. The second-order valence-electron chi connectivity index (χ2n) is 6.46.